The van der Waals surface area contributed by atoms with Crippen LogP contribution in [-0.4, -0.2) is 5.78 Å². The number of carbonyl (C=O) groups is 1. The van der Waals surface area contributed by atoms with Gasteiger partial charge in [-0.15, -0.1) is 11.3 Å². The number of alkyl halides is 3. The Morgan fingerprint density at radius 3 is 2.30 bits per heavy atom. The van der Waals surface area contributed by atoms with Crippen LogP contribution in [0.25, 0.3) is 0 Å². The molecule has 0 amide bonds. The molecule has 0 aliphatic heterocycles. The molecular formula is C12H4Br2F4OS. The molecule has 2 rings (SSSR count). The first-order valence-electron chi connectivity index (χ1n) is 5.07. The van der Waals surface area contributed by atoms with Gasteiger partial charge in [0.2, 0.25) is 0 Å². The third kappa shape index (κ3) is 2.96. The monoisotopic (exact) mass is 430 g/mol. The van der Waals surface area contributed by atoms with E-state index in [-0.39, 0.29) is 5.56 Å². The van der Waals surface area contributed by atoms with Gasteiger partial charge in [-0.3, -0.25) is 4.79 Å². The van der Waals surface area contributed by atoms with Crippen LogP contribution in [0.5, 0.6) is 0 Å². The van der Waals surface area contributed by atoms with E-state index < -0.39 is 28.9 Å². The predicted molar refractivity (Wildman–Crippen MR) is 74.6 cm³/mol. The summed E-state index contributed by atoms with van der Waals surface area (Å²) < 4.78 is 52.7. The molecule has 0 spiro atoms. The highest BCUT2D eigenvalue weighted by Crippen LogP contribution is 2.36. The fourth-order valence-electron chi connectivity index (χ4n) is 1.57. The van der Waals surface area contributed by atoms with Gasteiger partial charge in [-0.25, -0.2) is 4.39 Å². The summed E-state index contributed by atoms with van der Waals surface area (Å²) >= 11 is 7.45. The largest absolute Gasteiger partial charge is 0.419 e. The van der Waals surface area contributed by atoms with Crippen LogP contribution >= 0.6 is 43.2 Å². The fraction of sp³-hybridized carbons (Fsp3) is 0.0833. The standard InChI is InChI=1S/C12H4Br2F4OS/c13-8-4-6(11(14)20-8)10(19)5-2-1-3-7(9(5)15)12(16,17)18/h1-4H. The molecule has 0 saturated carbocycles. The zero-order valence-electron chi connectivity index (χ0n) is 9.39. The first kappa shape index (κ1) is 15.7. The molecule has 0 radical (unpaired) electrons. The van der Waals surface area contributed by atoms with Gasteiger partial charge in [-0.1, -0.05) is 6.07 Å². The van der Waals surface area contributed by atoms with Crippen LogP contribution in [0.15, 0.2) is 31.8 Å². The van der Waals surface area contributed by atoms with Crippen molar-refractivity contribution in [1.82, 2.24) is 0 Å². The number of thiophene rings is 1. The Morgan fingerprint density at radius 1 is 1.15 bits per heavy atom. The van der Waals surface area contributed by atoms with E-state index in [1.807, 2.05) is 0 Å². The Balaban J connectivity index is 2.54. The Bertz CT molecular complexity index is 679. The van der Waals surface area contributed by atoms with Crippen molar-refractivity contribution < 1.29 is 22.4 Å². The van der Waals surface area contributed by atoms with E-state index >= 15 is 0 Å². The number of halogens is 6. The van der Waals surface area contributed by atoms with Gasteiger partial charge in [0.1, 0.15) is 5.82 Å². The molecule has 0 bridgehead atoms. The Hall–Kier alpha value is -0.730. The van der Waals surface area contributed by atoms with E-state index in [2.05, 4.69) is 31.9 Å². The molecule has 106 valence electrons. The van der Waals surface area contributed by atoms with Crippen molar-refractivity contribution in [3.05, 3.63) is 54.3 Å². The lowest BCUT2D eigenvalue weighted by Gasteiger charge is -2.10. The summed E-state index contributed by atoms with van der Waals surface area (Å²) in [5.41, 5.74) is -1.94. The molecule has 8 heteroatoms. The SMILES string of the molecule is O=C(c1cc(Br)sc1Br)c1cccc(C(F)(F)F)c1F. The van der Waals surface area contributed by atoms with Crippen LogP contribution in [0.2, 0.25) is 0 Å². The molecule has 1 heterocycles. The molecule has 0 saturated heterocycles. The number of hydrogen-bond acceptors (Lipinski definition) is 2. The summed E-state index contributed by atoms with van der Waals surface area (Å²) in [5, 5.41) is 0. The topological polar surface area (TPSA) is 17.1 Å². The van der Waals surface area contributed by atoms with Gasteiger partial charge >= 0.3 is 6.18 Å². The highest BCUT2D eigenvalue weighted by Gasteiger charge is 2.36. The molecule has 0 atom stereocenters. The minimum absolute atomic E-state index is 0.111. The number of carbonyl (C=O) groups excluding carboxylic acids is 1. The maximum Gasteiger partial charge on any atom is 0.419 e. The van der Waals surface area contributed by atoms with E-state index in [0.29, 0.717) is 13.6 Å². The molecular weight excluding hydrogens is 428 g/mol. The molecule has 20 heavy (non-hydrogen) atoms. The second kappa shape index (κ2) is 5.57. The van der Waals surface area contributed by atoms with Crippen LogP contribution in [0, 0.1) is 5.82 Å². The molecule has 1 nitrogen and oxygen atoms in total. The van der Waals surface area contributed by atoms with Crippen LogP contribution < -0.4 is 0 Å². The van der Waals surface area contributed by atoms with Gasteiger partial charge in [-0.05, 0) is 50.1 Å². The average molecular weight is 432 g/mol. The summed E-state index contributed by atoms with van der Waals surface area (Å²) in [5.74, 6) is -2.36. The zero-order valence-corrected chi connectivity index (χ0v) is 13.4. The highest BCUT2D eigenvalue weighted by molar-refractivity contribution is 9.12. The second-order valence-corrected chi connectivity index (χ2v) is 7.48. The predicted octanol–water partition coefficient (Wildman–Crippen LogP) is 5.66. The van der Waals surface area contributed by atoms with Crippen molar-refractivity contribution in [2.75, 3.05) is 0 Å². The summed E-state index contributed by atoms with van der Waals surface area (Å²) in [7, 11) is 0. The molecule has 0 aliphatic rings. The third-order valence-corrected chi connectivity index (χ3v) is 4.79. The fourth-order valence-corrected chi connectivity index (χ4v) is 4.36. The average Bonchev–Trinajstić information content (AvgIpc) is 2.66. The zero-order chi connectivity index (χ0) is 15.1. The van der Waals surface area contributed by atoms with Crippen LogP contribution in [-0.2, 0) is 6.18 Å². The molecule has 0 aliphatic carbocycles. The summed E-state index contributed by atoms with van der Waals surface area (Å²) in [4.78, 5) is 12.1. The number of hydrogen-bond donors (Lipinski definition) is 0. The molecule has 0 fully saturated rings. The maximum absolute atomic E-state index is 13.9. The molecule has 2 aromatic rings. The number of ketones is 1. The van der Waals surface area contributed by atoms with Gasteiger partial charge in [0.05, 0.1) is 18.7 Å². The quantitative estimate of drug-likeness (QED) is 0.442. The smallest absolute Gasteiger partial charge is 0.288 e. The van der Waals surface area contributed by atoms with Crippen molar-refractivity contribution >= 4 is 49.0 Å². The highest BCUT2D eigenvalue weighted by atomic mass is 79.9. The van der Waals surface area contributed by atoms with Gasteiger partial charge in [0, 0.05) is 5.56 Å². The Labute approximate surface area is 131 Å². The van der Waals surface area contributed by atoms with Crippen molar-refractivity contribution in [1.29, 1.82) is 0 Å². The summed E-state index contributed by atoms with van der Waals surface area (Å²) in [6.07, 6.45) is -4.84. The van der Waals surface area contributed by atoms with E-state index in [0.717, 1.165) is 12.1 Å². The lowest BCUT2D eigenvalue weighted by atomic mass is 10.0. The summed E-state index contributed by atoms with van der Waals surface area (Å²) in [6, 6.07) is 4.07. The van der Waals surface area contributed by atoms with Gasteiger partial charge in [0.25, 0.3) is 0 Å². The first-order chi connectivity index (χ1) is 9.21. The third-order valence-electron chi connectivity index (χ3n) is 2.45. The molecule has 1 aromatic carbocycles. The van der Waals surface area contributed by atoms with Gasteiger partial charge < -0.3 is 0 Å². The minimum Gasteiger partial charge on any atom is -0.288 e. The Kier molecular flexibility index (Phi) is 4.36. The lowest BCUT2D eigenvalue weighted by Crippen LogP contribution is -2.12. The normalized spacial score (nSPS) is 11.7. The van der Waals surface area contributed by atoms with Crippen molar-refractivity contribution in [2.45, 2.75) is 6.18 Å². The van der Waals surface area contributed by atoms with Crippen LogP contribution in [0.4, 0.5) is 17.6 Å². The summed E-state index contributed by atoms with van der Waals surface area (Å²) in [6.45, 7) is 0. The van der Waals surface area contributed by atoms with Crippen LogP contribution in [0.1, 0.15) is 21.5 Å². The van der Waals surface area contributed by atoms with E-state index in [1.165, 1.54) is 17.4 Å². The van der Waals surface area contributed by atoms with E-state index in [9.17, 15) is 22.4 Å². The number of benzene rings is 1. The minimum atomic E-state index is -4.84. The van der Waals surface area contributed by atoms with E-state index in [4.69, 9.17) is 0 Å². The van der Waals surface area contributed by atoms with Crippen molar-refractivity contribution in [3.8, 4) is 0 Å². The molecule has 1 aromatic heterocycles. The second-order valence-electron chi connectivity index (χ2n) is 3.73. The van der Waals surface area contributed by atoms with Gasteiger partial charge in [-0.2, -0.15) is 13.2 Å². The lowest BCUT2D eigenvalue weighted by molar-refractivity contribution is -0.140. The van der Waals surface area contributed by atoms with E-state index in [1.54, 1.807) is 0 Å². The maximum atomic E-state index is 13.9. The first-order valence-corrected chi connectivity index (χ1v) is 7.47. The van der Waals surface area contributed by atoms with Gasteiger partial charge in [0.15, 0.2) is 5.78 Å². The van der Waals surface area contributed by atoms with Crippen molar-refractivity contribution in [2.24, 2.45) is 0 Å². The van der Waals surface area contributed by atoms with Crippen molar-refractivity contribution in [3.63, 3.8) is 0 Å². The molecule has 0 N–H and O–H groups in total. The van der Waals surface area contributed by atoms with Crippen LogP contribution in [0.3, 0.4) is 0 Å². The Morgan fingerprint density at radius 2 is 1.80 bits per heavy atom. The molecule has 0 unspecified atom stereocenters. The number of rotatable bonds is 2.